The summed E-state index contributed by atoms with van der Waals surface area (Å²) in [5, 5.41) is 0.678. The Balaban J connectivity index is 1.35. The summed E-state index contributed by atoms with van der Waals surface area (Å²) in [4.78, 5) is 21.3. The number of likely N-dealkylation sites (tertiary alicyclic amines) is 1. The lowest BCUT2D eigenvalue weighted by atomic mass is 10.1. The molecule has 1 amide bonds. The Morgan fingerprint density at radius 1 is 1.14 bits per heavy atom. The number of benzene rings is 2. The first-order valence-electron chi connectivity index (χ1n) is 9.71. The van der Waals surface area contributed by atoms with Crippen LogP contribution in [0.15, 0.2) is 42.5 Å². The highest BCUT2D eigenvalue weighted by Gasteiger charge is 2.25. The summed E-state index contributed by atoms with van der Waals surface area (Å²) >= 11 is 1.54. The highest BCUT2D eigenvalue weighted by atomic mass is 32.1. The fraction of sp³-hybridized carbons (Fsp3) is 0.364. The Bertz CT molecular complexity index is 992. The molecule has 0 N–H and O–H groups in total. The van der Waals surface area contributed by atoms with Crippen LogP contribution in [0.3, 0.4) is 0 Å². The summed E-state index contributed by atoms with van der Waals surface area (Å²) in [7, 11) is 5.63. The molecule has 2 heterocycles. The van der Waals surface area contributed by atoms with Gasteiger partial charge in [0.25, 0.3) is 11.1 Å². The third-order valence-corrected chi connectivity index (χ3v) is 6.13. The van der Waals surface area contributed by atoms with Gasteiger partial charge in [0.15, 0.2) is 0 Å². The molecule has 0 saturated carbocycles. The predicted octanol–water partition coefficient (Wildman–Crippen LogP) is 4.05. The molecule has 1 aliphatic heterocycles. The van der Waals surface area contributed by atoms with Crippen molar-refractivity contribution in [2.45, 2.75) is 18.9 Å². The number of ether oxygens (including phenoxy) is 2. The standard InChI is InChI=1S/C22H25N3O3S/c1-24(2)16-6-4-15(5-7-16)21(26)25-12-10-17(11-13-25)28-22-23-19-14-18(27-3)8-9-20(19)29-22/h4-9,14,17H,10-13H2,1-3H3. The quantitative estimate of drug-likeness (QED) is 0.634. The number of hydrogen-bond acceptors (Lipinski definition) is 6. The molecule has 0 spiro atoms. The molecule has 0 atom stereocenters. The average Bonchev–Trinajstić information content (AvgIpc) is 3.15. The molecule has 6 nitrogen and oxygen atoms in total. The lowest BCUT2D eigenvalue weighted by Crippen LogP contribution is -2.41. The number of carbonyl (C=O) groups is 1. The normalized spacial score (nSPS) is 14.8. The van der Waals surface area contributed by atoms with E-state index in [4.69, 9.17) is 9.47 Å². The summed E-state index contributed by atoms with van der Waals surface area (Å²) in [5.41, 5.74) is 2.70. The van der Waals surface area contributed by atoms with Crippen molar-refractivity contribution in [3.05, 3.63) is 48.0 Å². The Morgan fingerprint density at radius 2 is 1.86 bits per heavy atom. The monoisotopic (exact) mass is 411 g/mol. The molecule has 152 valence electrons. The number of thiazole rings is 1. The van der Waals surface area contributed by atoms with Gasteiger partial charge >= 0.3 is 0 Å². The van der Waals surface area contributed by atoms with E-state index in [1.807, 2.05) is 66.4 Å². The number of hydrogen-bond donors (Lipinski definition) is 0. The maximum Gasteiger partial charge on any atom is 0.274 e. The van der Waals surface area contributed by atoms with Crippen LogP contribution in [-0.2, 0) is 0 Å². The van der Waals surface area contributed by atoms with Gasteiger partial charge in [-0.15, -0.1) is 0 Å². The zero-order valence-electron chi connectivity index (χ0n) is 16.9. The van der Waals surface area contributed by atoms with Gasteiger partial charge < -0.3 is 19.3 Å². The minimum Gasteiger partial charge on any atom is -0.497 e. The average molecular weight is 412 g/mol. The van der Waals surface area contributed by atoms with E-state index in [1.165, 1.54) is 0 Å². The molecule has 4 rings (SSSR count). The molecule has 1 aromatic heterocycles. The fourth-order valence-corrected chi connectivity index (χ4v) is 4.33. The van der Waals surface area contributed by atoms with Crippen molar-refractivity contribution in [3.8, 4) is 10.9 Å². The third-order valence-electron chi connectivity index (χ3n) is 5.20. The molecule has 2 aromatic carbocycles. The van der Waals surface area contributed by atoms with Gasteiger partial charge in [-0.05, 0) is 36.4 Å². The Labute approximate surface area is 174 Å². The van der Waals surface area contributed by atoms with Gasteiger partial charge in [-0.1, -0.05) is 11.3 Å². The van der Waals surface area contributed by atoms with E-state index in [-0.39, 0.29) is 12.0 Å². The van der Waals surface area contributed by atoms with Gasteiger partial charge in [0.1, 0.15) is 11.9 Å². The van der Waals surface area contributed by atoms with Crippen LogP contribution >= 0.6 is 11.3 Å². The molecule has 0 aliphatic carbocycles. The number of amides is 1. The molecule has 29 heavy (non-hydrogen) atoms. The summed E-state index contributed by atoms with van der Waals surface area (Å²) in [6, 6.07) is 13.6. The molecule has 1 saturated heterocycles. The summed E-state index contributed by atoms with van der Waals surface area (Å²) in [6.45, 7) is 1.38. The highest BCUT2D eigenvalue weighted by molar-refractivity contribution is 7.20. The van der Waals surface area contributed by atoms with Gasteiger partial charge in [0, 0.05) is 57.3 Å². The topological polar surface area (TPSA) is 54.9 Å². The fourth-order valence-electron chi connectivity index (χ4n) is 3.47. The minimum atomic E-state index is 0.0811. The maximum absolute atomic E-state index is 12.8. The SMILES string of the molecule is COc1ccc2sc(OC3CCN(C(=O)c4ccc(N(C)C)cc4)CC3)nc2c1. The zero-order chi connectivity index (χ0) is 20.4. The first-order valence-corrected chi connectivity index (χ1v) is 10.5. The number of aromatic nitrogens is 1. The number of methoxy groups -OCH3 is 1. The summed E-state index contributed by atoms with van der Waals surface area (Å²) in [5.74, 6) is 0.876. The molecule has 1 aliphatic rings. The van der Waals surface area contributed by atoms with Crippen molar-refractivity contribution in [3.63, 3.8) is 0 Å². The van der Waals surface area contributed by atoms with Crippen molar-refractivity contribution >= 4 is 33.1 Å². The van der Waals surface area contributed by atoms with Gasteiger partial charge in [0.2, 0.25) is 0 Å². The van der Waals surface area contributed by atoms with E-state index in [0.29, 0.717) is 18.3 Å². The molecular formula is C22H25N3O3S. The largest absolute Gasteiger partial charge is 0.497 e. The second kappa shape index (κ2) is 8.29. The van der Waals surface area contributed by atoms with Crippen LogP contribution in [0.25, 0.3) is 10.2 Å². The molecule has 3 aromatic rings. The molecule has 0 unspecified atom stereocenters. The van der Waals surface area contributed by atoms with Crippen LogP contribution in [0, 0.1) is 0 Å². The van der Waals surface area contributed by atoms with Crippen molar-refractivity contribution in [1.82, 2.24) is 9.88 Å². The second-order valence-electron chi connectivity index (χ2n) is 7.36. The van der Waals surface area contributed by atoms with E-state index >= 15 is 0 Å². The van der Waals surface area contributed by atoms with E-state index < -0.39 is 0 Å². The van der Waals surface area contributed by atoms with Crippen molar-refractivity contribution in [2.75, 3.05) is 39.2 Å². The molecular weight excluding hydrogens is 386 g/mol. The van der Waals surface area contributed by atoms with E-state index in [2.05, 4.69) is 4.98 Å². The van der Waals surface area contributed by atoms with Crippen LogP contribution < -0.4 is 14.4 Å². The lowest BCUT2D eigenvalue weighted by molar-refractivity contribution is 0.0595. The van der Waals surface area contributed by atoms with E-state index in [1.54, 1.807) is 18.4 Å². The van der Waals surface area contributed by atoms with Crippen LogP contribution in [-0.4, -0.2) is 56.2 Å². The van der Waals surface area contributed by atoms with Crippen LogP contribution in [0.4, 0.5) is 5.69 Å². The predicted molar refractivity (Wildman–Crippen MR) is 116 cm³/mol. The minimum absolute atomic E-state index is 0.0811. The molecule has 0 radical (unpaired) electrons. The van der Waals surface area contributed by atoms with Crippen LogP contribution in [0.1, 0.15) is 23.2 Å². The number of anilines is 1. The maximum atomic E-state index is 12.8. The van der Waals surface area contributed by atoms with Crippen molar-refractivity contribution < 1.29 is 14.3 Å². The lowest BCUT2D eigenvalue weighted by Gasteiger charge is -2.31. The van der Waals surface area contributed by atoms with Crippen molar-refractivity contribution in [1.29, 1.82) is 0 Å². The first-order chi connectivity index (χ1) is 14.0. The number of carbonyl (C=O) groups excluding carboxylic acids is 1. The molecule has 1 fully saturated rings. The van der Waals surface area contributed by atoms with E-state index in [0.717, 1.165) is 40.1 Å². The molecule has 0 bridgehead atoms. The van der Waals surface area contributed by atoms with Gasteiger partial charge in [-0.25, -0.2) is 4.98 Å². The molecule has 7 heteroatoms. The first kappa shape index (κ1) is 19.5. The van der Waals surface area contributed by atoms with Crippen LogP contribution in [0.5, 0.6) is 10.9 Å². The van der Waals surface area contributed by atoms with Crippen LogP contribution in [0.2, 0.25) is 0 Å². The Hall–Kier alpha value is -2.80. The smallest absolute Gasteiger partial charge is 0.274 e. The third kappa shape index (κ3) is 4.29. The summed E-state index contributed by atoms with van der Waals surface area (Å²) in [6.07, 6.45) is 1.69. The Morgan fingerprint density at radius 3 is 2.52 bits per heavy atom. The Kier molecular flexibility index (Phi) is 5.58. The number of fused-ring (bicyclic) bond motifs is 1. The number of rotatable bonds is 5. The van der Waals surface area contributed by atoms with Crippen molar-refractivity contribution in [2.24, 2.45) is 0 Å². The number of piperidine rings is 1. The van der Waals surface area contributed by atoms with Gasteiger partial charge in [-0.2, -0.15) is 0 Å². The number of nitrogens with zero attached hydrogens (tertiary/aromatic N) is 3. The zero-order valence-corrected chi connectivity index (χ0v) is 17.7. The van der Waals surface area contributed by atoms with Gasteiger partial charge in [0.05, 0.1) is 17.3 Å². The summed E-state index contributed by atoms with van der Waals surface area (Å²) < 4.78 is 12.4. The second-order valence-corrected chi connectivity index (χ2v) is 8.36. The van der Waals surface area contributed by atoms with E-state index in [9.17, 15) is 4.79 Å². The highest BCUT2D eigenvalue weighted by Crippen LogP contribution is 2.32. The van der Waals surface area contributed by atoms with Gasteiger partial charge in [-0.3, -0.25) is 4.79 Å².